The van der Waals surface area contributed by atoms with Gasteiger partial charge in [0.1, 0.15) is 0 Å². The van der Waals surface area contributed by atoms with E-state index < -0.39 is 0 Å². The fourth-order valence-corrected chi connectivity index (χ4v) is 4.16. The fraction of sp³-hybridized carbons (Fsp3) is 1.00. The third kappa shape index (κ3) is 0.703. The Morgan fingerprint density at radius 3 is 2.55 bits per heavy atom. The molecule has 1 heteroatoms. The molecule has 11 heavy (non-hydrogen) atoms. The maximum absolute atomic E-state index is 9.21. The molecule has 62 valence electrons. The fourth-order valence-electron chi connectivity index (χ4n) is 4.16. The first-order valence-corrected chi connectivity index (χ1v) is 4.99. The van der Waals surface area contributed by atoms with E-state index in [9.17, 15) is 5.11 Å². The maximum atomic E-state index is 9.21. The van der Waals surface area contributed by atoms with Gasteiger partial charge in [0.05, 0.1) is 0 Å². The minimum absolute atomic E-state index is 0.471. The highest BCUT2D eigenvalue weighted by Gasteiger charge is 2.53. The van der Waals surface area contributed by atoms with E-state index in [0.29, 0.717) is 12.5 Å². The highest BCUT2D eigenvalue weighted by Crippen LogP contribution is 2.60. The summed E-state index contributed by atoms with van der Waals surface area (Å²) in [6.45, 7) is 0.471. The van der Waals surface area contributed by atoms with E-state index in [0.717, 1.165) is 23.7 Å². The minimum atomic E-state index is 0.471. The minimum Gasteiger partial charge on any atom is -0.396 e. The second-order valence-electron chi connectivity index (χ2n) is 4.84. The van der Waals surface area contributed by atoms with Crippen molar-refractivity contribution in [2.75, 3.05) is 6.61 Å². The smallest absolute Gasteiger partial charge is 0.0464 e. The summed E-state index contributed by atoms with van der Waals surface area (Å²) < 4.78 is 0. The zero-order valence-electron chi connectivity index (χ0n) is 6.87. The van der Waals surface area contributed by atoms with Crippen molar-refractivity contribution in [1.82, 2.24) is 0 Å². The monoisotopic (exact) mass is 152 g/mol. The van der Waals surface area contributed by atoms with Crippen LogP contribution in [-0.2, 0) is 0 Å². The molecule has 4 bridgehead atoms. The molecule has 1 nitrogen and oxygen atoms in total. The largest absolute Gasteiger partial charge is 0.396 e. The van der Waals surface area contributed by atoms with Gasteiger partial charge in [-0.15, -0.1) is 0 Å². The van der Waals surface area contributed by atoms with Crippen LogP contribution in [0.1, 0.15) is 25.7 Å². The van der Waals surface area contributed by atoms with Gasteiger partial charge in [-0.3, -0.25) is 0 Å². The Balaban J connectivity index is 1.91. The maximum Gasteiger partial charge on any atom is 0.0464 e. The second kappa shape index (κ2) is 2.01. The molecule has 0 radical (unpaired) electrons. The zero-order chi connectivity index (χ0) is 7.42. The Bertz CT molecular complexity index is 174. The predicted octanol–water partition coefficient (Wildman–Crippen LogP) is 1.66. The first-order chi connectivity index (χ1) is 5.38. The standard InChI is InChI=1S/C10H16O/c11-5-10-8-2-6-1-7(4-8)9(10)3-6/h6-11H,1-5H2/t6-,7+,8-,9+,10+/m1/s1. The number of aliphatic hydroxyl groups is 1. The van der Waals surface area contributed by atoms with Crippen LogP contribution in [0.4, 0.5) is 0 Å². The molecular weight excluding hydrogens is 136 g/mol. The topological polar surface area (TPSA) is 20.2 Å². The molecule has 5 atom stereocenters. The van der Waals surface area contributed by atoms with Crippen molar-refractivity contribution < 1.29 is 5.11 Å². The van der Waals surface area contributed by atoms with Gasteiger partial charge < -0.3 is 5.11 Å². The summed E-state index contributed by atoms with van der Waals surface area (Å²) in [4.78, 5) is 0. The highest BCUT2D eigenvalue weighted by atomic mass is 16.3. The lowest BCUT2D eigenvalue weighted by Gasteiger charge is -2.30. The molecule has 0 aromatic rings. The molecule has 0 unspecified atom stereocenters. The predicted molar refractivity (Wildman–Crippen MR) is 43.0 cm³/mol. The Labute approximate surface area is 67.8 Å². The summed E-state index contributed by atoms with van der Waals surface area (Å²) in [7, 11) is 0. The van der Waals surface area contributed by atoms with Crippen molar-refractivity contribution >= 4 is 0 Å². The van der Waals surface area contributed by atoms with E-state index in [2.05, 4.69) is 0 Å². The molecule has 1 N–H and O–H groups in total. The van der Waals surface area contributed by atoms with Crippen molar-refractivity contribution in [1.29, 1.82) is 0 Å². The zero-order valence-corrected chi connectivity index (χ0v) is 6.87. The van der Waals surface area contributed by atoms with Crippen molar-refractivity contribution in [3.63, 3.8) is 0 Å². The summed E-state index contributed by atoms with van der Waals surface area (Å²) in [5.41, 5.74) is 0. The van der Waals surface area contributed by atoms with Gasteiger partial charge in [-0.1, -0.05) is 0 Å². The molecule has 0 aliphatic heterocycles. The Morgan fingerprint density at radius 2 is 1.82 bits per heavy atom. The Morgan fingerprint density at radius 1 is 1.00 bits per heavy atom. The van der Waals surface area contributed by atoms with Crippen LogP contribution in [0.5, 0.6) is 0 Å². The lowest BCUT2D eigenvalue weighted by atomic mass is 9.76. The molecule has 4 aliphatic rings. The van der Waals surface area contributed by atoms with Crippen LogP contribution in [0.25, 0.3) is 0 Å². The summed E-state index contributed by atoms with van der Waals surface area (Å²) in [5.74, 6) is 4.65. The lowest BCUT2D eigenvalue weighted by Crippen LogP contribution is -2.25. The molecule has 0 heterocycles. The summed E-state index contributed by atoms with van der Waals surface area (Å²) in [6, 6.07) is 0. The van der Waals surface area contributed by atoms with Gasteiger partial charge in [0.25, 0.3) is 0 Å². The molecule has 4 aliphatic carbocycles. The summed E-state index contributed by atoms with van der Waals surface area (Å²) in [6.07, 6.45) is 5.84. The molecule has 0 saturated heterocycles. The van der Waals surface area contributed by atoms with E-state index in [1.165, 1.54) is 25.7 Å². The van der Waals surface area contributed by atoms with Gasteiger partial charge >= 0.3 is 0 Å². The SMILES string of the molecule is OC[C@H]1[C@@H]2C[C@H]3C[C@@H](C2)[C@@H]1C3. The molecular formula is C10H16O. The van der Waals surface area contributed by atoms with Crippen molar-refractivity contribution in [2.24, 2.45) is 29.6 Å². The third-order valence-electron chi connectivity index (χ3n) is 4.45. The van der Waals surface area contributed by atoms with Crippen molar-refractivity contribution in [3.05, 3.63) is 0 Å². The number of rotatable bonds is 1. The van der Waals surface area contributed by atoms with Crippen LogP contribution in [-0.4, -0.2) is 11.7 Å². The van der Waals surface area contributed by atoms with E-state index in [1.807, 2.05) is 0 Å². The van der Waals surface area contributed by atoms with Crippen molar-refractivity contribution in [2.45, 2.75) is 25.7 Å². The van der Waals surface area contributed by atoms with E-state index in [4.69, 9.17) is 0 Å². The number of hydrogen-bond acceptors (Lipinski definition) is 1. The van der Waals surface area contributed by atoms with Gasteiger partial charge in [-0.25, -0.2) is 0 Å². The summed E-state index contributed by atoms with van der Waals surface area (Å²) in [5, 5.41) is 9.21. The van der Waals surface area contributed by atoms with E-state index >= 15 is 0 Å². The first kappa shape index (κ1) is 6.47. The van der Waals surface area contributed by atoms with Crippen LogP contribution in [0, 0.1) is 29.6 Å². The average molecular weight is 152 g/mol. The van der Waals surface area contributed by atoms with Crippen LogP contribution >= 0.6 is 0 Å². The average Bonchev–Trinajstić information content (AvgIpc) is 2.40. The molecule has 4 rings (SSSR count). The van der Waals surface area contributed by atoms with Crippen LogP contribution in [0.2, 0.25) is 0 Å². The lowest BCUT2D eigenvalue weighted by molar-refractivity contribution is 0.116. The quantitative estimate of drug-likeness (QED) is 0.606. The molecule has 0 aromatic heterocycles. The van der Waals surface area contributed by atoms with E-state index in [1.54, 1.807) is 0 Å². The van der Waals surface area contributed by atoms with Crippen molar-refractivity contribution in [3.8, 4) is 0 Å². The molecule has 4 fully saturated rings. The van der Waals surface area contributed by atoms with Crippen LogP contribution in [0.3, 0.4) is 0 Å². The van der Waals surface area contributed by atoms with Crippen LogP contribution < -0.4 is 0 Å². The van der Waals surface area contributed by atoms with Gasteiger partial charge in [0, 0.05) is 6.61 Å². The van der Waals surface area contributed by atoms with Gasteiger partial charge in [-0.2, -0.15) is 0 Å². The van der Waals surface area contributed by atoms with Gasteiger partial charge in [0.15, 0.2) is 0 Å². The van der Waals surface area contributed by atoms with Gasteiger partial charge in [0.2, 0.25) is 0 Å². The Kier molecular flexibility index (Phi) is 1.18. The first-order valence-electron chi connectivity index (χ1n) is 4.99. The second-order valence-corrected chi connectivity index (χ2v) is 4.84. The van der Waals surface area contributed by atoms with Crippen LogP contribution in [0.15, 0.2) is 0 Å². The number of hydrogen-bond donors (Lipinski definition) is 1. The Hall–Kier alpha value is -0.0400. The summed E-state index contributed by atoms with van der Waals surface area (Å²) >= 11 is 0. The third-order valence-corrected chi connectivity index (χ3v) is 4.45. The molecule has 0 spiro atoms. The molecule has 4 saturated carbocycles. The molecule has 0 amide bonds. The van der Waals surface area contributed by atoms with Gasteiger partial charge in [-0.05, 0) is 55.3 Å². The van der Waals surface area contributed by atoms with E-state index in [-0.39, 0.29) is 0 Å². The highest BCUT2D eigenvalue weighted by molar-refractivity contribution is 5.02. The molecule has 0 aromatic carbocycles. The number of aliphatic hydroxyl groups excluding tert-OH is 1. The normalized spacial score (nSPS) is 59.2.